The molecule has 0 spiro atoms. The number of nitrogens with one attached hydrogen (secondary N) is 2. The Balaban J connectivity index is 5.56. The minimum atomic E-state index is -1.34. The van der Waals surface area contributed by atoms with Gasteiger partial charge in [-0.05, 0) is 80.7 Å². The van der Waals surface area contributed by atoms with Crippen LogP contribution < -0.4 is 10.6 Å². The molecule has 0 fully saturated rings. The first kappa shape index (κ1) is 34.7. The van der Waals surface area contributed by atoms with E-state index in [2.05, 4.69) is 20.7 Å². The Bertz CT molecular complexity index is 893. The van der Waals surface area contributed by atoms with Crippen LogP contribution in [0.3, 0.4) is 0 Å². The number of carbonyl (C=O) groups is 5. The summed E-state index contributed by atoms with van der Waals surface area (Å²) in [4.78, 5) is 65.5. The van der Waals surface area contributed by atoms with Crippen LogP contribution in [-0.2, 0) is 38.2 Å². The molecule has 0 aromatic carbocycles. The smallest absolute Gasteiger partial charge is 0.329 e. The molecule has 38 heavy (non-hydrogen) atoms. The normalized spacial score (nSPS) is 13.3. The first-order valence-corrected chi connectivity index (χ1v) is 12.5. The number of amides is 2. The van der Waals surface area contributed by atoms with Crippen molar-refractivity contribution in [2.75, 3.05) is 6.54 Å². The van der Waals surface area contributed by atoms with Crippen LogP contribution in [0, 0.1) is 0 Å². The van der Waals surface area contributed by atoms with Gasteiger partial charge in [0, 0.05) is 24.3 Å². The van der Waals surface area contributed by atoms with E-state index in [-0.39, 0.29) is 32.2 Å². The summed E-state index contributed by atoms with van der Waals surface area (Å²) >= 11 is 0. The van der Waals surface area contributed by atoms with Crippen LogP contribution in [0.5, 0.6) is 0 Å². The third kappa shape index (κ3) is 18.0. The van der Waals surface area contributed by atoms with Crippen LogP contribution in [0.25, 0.3) is 10.4 Å². The molecule has 0 aromatic rings. The summed E-state index contributed by atoms with van der Waals surface area (Å²) in [7, 11) is 0. The molecule has 2 amide bonds. The zero-order chi connectivity index (χ0) is 29.7. The van der Waals surface area contributed by atoms with Gasteiger partial charge in [0.25, 0.3) is 0 Å². The van der Waals surface area contributed by atoms with E-state index < -0.39 is 65.0 Å². The van der Waals surface area contributed by atoms with Gasteiger partial charge in [-0.2, -0.15) is 0 Å². The quantitative estimate of drug-likeness (QED) is 0.0888. The van der Waals surface area contributed by atoms with Crippen molar-refractivity contribution in [3.05, 3.63) is 10.4 Å². The lowest BCUT2D eigenvalue weighted by atomic mass is 10.1. The van der Waals surface area contributed by atoms with Crippen molar-refractivity contribution >= 4 is 29.7 Å². The molecule has 0 heterocycles. The summed E-state index contributed by atoms with van der Waals surface area (Å²) in [6.45, 7) is 15.1. The van der Waals surface area contributed by atoms with Gasteiger partial charge in [0.1, 0.15) is 28.9 Å². The standard InChI is InChI=1S/C25H43N5O8/c1-23(2,3)36-20(33)13-12-16(21(34)37-24(4,5)6)28-19(32)15-17(22(35)38-25(7,8)9)29-18(31)11-10-14-27-30-26/h16-17H,10-15H2,1-9H3,(H,28,32)(H,29,31). The van der Waals surface area contributed by atoms with Crippen LogP contribution in [0.1, 0.15) is 94.4 Å². The predicted molar refractivity (Wildman–Crippen MR) is 138 cm³/mol. The summed E-state index contributed by atoms with van der Waals surface area (Å²) in [6, 6.07) is -2.54. The number of carbonyl (C=O) groups excluding carboxylic acids is 5. The van der Waals surface area contributed by atoms with Gasteiger partial charge in [-0.1, -0.05) is 5.11 Å². The van der Waals surface area contributed by atoms with Gasteiger partial charge in [0.05, 0.1) is 6.42 Å². The average Bonchev–Trinajstić information content (AvgIpc) is 2.69. The highest BCUT2D eigenvalue weighted by Crippen LogP contribution is 2.15. The molecule has 0 aliphatic rings. The molecule has 0 aromatic heterocycles. The summed E-state index contributed by atoms with van der Waals surface area (Å²) in [6.07, 6.45) is -0.592. The Morgan fingerprint density at radius 3 is 1.68 bits per heavy atom. The van der Waals surface area contributed by atoms with E-state index in [1.54, 1.807) is 62.3 Å². The summed E-state index contributed by atoms with van der Waals surface area (Å²) < 4.78 is 16.0. The van der Waals surface area contributed by atoms with Crippen molar-refractivity contribution in [2.45, 2.75) is 123 Å². The Kier molecular flexibility index (Phi) is 13.8. The number of esters is 3. The van der Waals surface area contributed by atoms with Gasteiger partial charge in [0.2, 0.25) is 11.8 Å². The minimum Gasteiger partial charge on any atom is -0.460 e. The second kappa shape index (κ2) is 15.2. The first-order valence-electron chi connectivity index (χ1n) is 12.5. The summed E-state index contributed by atoms with van der Waals surface area (Å²) in [5.74, 6) is -3.44. The second-order valence-electron chi connectivity index (χ2n) is 11.7. The summed E-state index contributed by atoms with van der Waals surface area (Å²) in [5, 5.41) is 8.31. The minimum absolute atomic E-state index is 0.0453. The van der Waals surface area contributed by atoms with Crippen LogP contribution in [-0.4, -0.2) is 65.2 Å². The van der Waals surface area contributed by atoms with Crippen LogP contribution in [0.2, 0.25) is 0 Å². The van der Waals surface area contributed by atoms with Gasteiger partial charge >= 0.3 is 17.9 Å². The number of azide groups is 1. The van der Waals surface area contributed by atoms with Crippen molar-refractivity contribution < 1.29 is 38.2 Å². The molecular weight excluding hydrogens is 498 g/mol. The zero-order valence-corrected chi connectivity index (χ0v) is 24.0. The van der Waals surface area contributed by atoms with E-state index in [9.17, 15) is 24.0 Å². The number of hydrogen-bond donors (Lipinski definition) is 2. The molecule has 0 bridgehead atoms. The Morgan fingerprint density at radius 2 is 1.21 bits per heavy atom. The van der Waals surface area contributed by atoms with Crippen molar-refractivity contribution in [3.8, 4) is 0 Å². The molecule has 0 aliphatic carbocycles. The maximum absolute atomic E-state index is 12.9. The van der Waals surface area contributed by atoms with Gasteiger partial charge in [0.15, 0.2) is 0 Å². The molecule has 13 nitrogen and oxygen atoms in total. The van der Waals surface area contributed by atoms with E-state index in [0.717, 1.165) is 0 Å². The highest BCUT2D eigenvalue weighted by molar-refractivity contribution is 5.91. The molecule has 2 atom stereocenters. The third-order valence-electron chi connectivity index (χ3n) is 4.22. The van der Waals surface area contributed by atoms with Gasteiger partial charge in [-0.25, -0.2) is 9.59 Å². The topological polar surface area (TPSA) is 186 Å². The van der Waals surface area contributed by atoms with E-state index in [1.807, 2.05) is 0 Å². The van der Waals surface area contributed by atoms with Crippen molar-refractivity contribution in [1.29, 1.82) is 0 Å². The lowest BCUT2D eigenvalue weighted by Gasteiger charge is -2.26. The lowest BCUT2D eigenvalue weighted by Crippen LogP contribution is -2.50. The highest BCUT2D eigenvalue weighted by atomic mass is 16.6. The predicted octanol–water partition coefficient (Wildman–Crippen LogP) is 3.24. The molecule has 0 radical (unpaired) electrons. The number of ether oxygens (including phenoxy) is 3. The third-order valence-corrected chi connectivity index (χ3v) is 4.22. The fourth-order valence-electron chi connectivity index (χ4n) is 2.90. The largest absolute Gasteiger partial charge is 0.460 e. The molecule has 216 valence electrons. The van der Waals surface area contributed by atoms with Gasteiger partial charge < -0.3 is 24.8 Å². The van der Waals surface area contributed by atoms with Crippen molar-refractivity contribution in [2.24, 2.45) is 5.11 Å². The Morgan fingerprint density at radius 1 is 0.737 bits per heavy atom. The van der Waals surface area contributed by atoms with Crippen LogP contribution in [0.15, 0.2) is 5.11 Å². The number of nitrogens with zero attached hydrogens (tertiary/aromatic N) is 3. The van der Waals surface area contributed by atoms with Gasteiger partial charge in [-0.15, -0.1) is 0 Å². The van der Waals surface area contributed by atoms with Crippen molar-refractivity contribution in [1.82, 2.24) is 10.6 Å². The fourth-order valence-corrected chi connectivity index (χ4v) is 2.90. The van der Waals surface area contributed by atoms with Gasteiger partial charge in [-0.3, -0.25) is 14.4 Å². The monoisotopic (exact) mass is 541 g/mol. The molecule has 2 unspecified atom stereocenters. The number of hydrogen-bond acceptors (Lipinski definition) is 9. The van der Waals surface area contributed by atoms with Crippen LogP contribution >= 0.6 is 0 Å². The molecule has 0 rings (SSSR count). The summed E-state index contributed by atoms with van der Waals surface area (Å²) in [5.41, 5.74) is 5.88. The van der Waals surface area contributed by atoms with E-state index in [4.69, 9.17) is 19.7 Å². The SMILES string of the molecule is CC(C)(C)OC(=O)CCC(NC(=O)CC(NC(=O)CCCN=[N+]=[N-])C(=O)OC(C)(C)C)C(=O)OC(C)(C)C. The maximum Gasteiger partial charge on any atom is 0.329 e. The number of rotatable bonds is 13. The fraction of sp³-hybridized carbons (Fsp3) is 0.800. The molecule has 0 saturated carbocycles. The molecule has 13 heteroatoms. The Hall–Kier alpha value is -3.34. The molecule has 0 aliphatic heterocycles. The maximum atomic E-state index is 12.9. The Labute approximate surface area is 224 Å². The lowest BCUT2D eigenvalue weighted by molar-refractivity contribution is -0.160. The average molecular weight is 542 g/mol. The second-order valence-corrected chi connectivity index (χ2v) is 11.7. The van der Waals surface area contributed by atoms with E-state index >= 15 is 0 Å². The van der Waals surface area contributed by atoms with E-state index in [0.29, 0.717) is 0 Å². The van der Waals surface area contributed by atoms with Crippen LogP contribution in [0.4, 0.5) is 0 Å². The zero-order valence-electron chi connectivity index (χ0n) is 24.0. The molecule has 2 N–H and O–H groups in total. The van der Waals surface area contributed by atoms with Crippen molar-refractivity contribution in [3.63, 3.8) is 0 Å². The first-order chi connectivity index (χ1) is 17.2. The highest BCUT2D eigenvalue weighted by Gasteiger charge is 2.32. The van der Waals surface area contributed by atoms with E-state index in [1.165, 1.54) is 0 Å². The molecular formula is C25H43N5O8. The molecule has 0 saturated heterocycles.